The molecule has 0 atom stereocenters. The third-order valence-electron chi connectivity index (χ3n) is 2.92. The summed E-state index contributed by atoms with van der Waals surface area (Å²) < 4.78 is 5.05. The second-order valence-corrected chi connectivity index (χ2v) is 4.60. The normalized spacial score (nSPS) is 11.2. The van der Waals surface area contributed by atoms with E-state index >= 15 is 0 Å². The van der Waals surface area contributed by atoms with E-state index in [9.17, 15) is 14.9 Å². The number of aryl methyl sites for hydroxylation is 1. The van der Waals surface area contributed by atoms with Crippen molar-refractivity contribution in [1.29, 1.82) is 0 Å². The van der Waals surface area contributed by atoms with Gasteiger partial charge in [-0.2, -0.15) is 0 Å². The summed E-state index contributed by atoms with van der Waals surface area (Å²) in [6.07, 6.45) is 3.23. The lowest BCUT2D eigenvalue weighted by Crippen LogP contribution is -2.03. The van der Waals surface area contributed by atoms with Crippen molar-refractivity contribution in [1.82, 2.24) is 0 Å². The van der Waals surface area contributed by atoms with Crippen LogP contribution in [0.4, 0.5) is 5.69 Å². The Morgan fingerprint density at radius 3 is 2.70 bits per heavy atom. The quantitative estimate of drug-likeness (QED) is 0.262. The number of rotatable bonds is 6. The minimum atomic E-state index is -0.436. The molecule has 0 heterocycles. The molecule has 0 amide bonds. The van der Waals surface area contributed by atoms with Crippen molar-refractivity contribution >= 4 is 17.2 Å². The van der Waals surface area contributed by atoms with Gasteiger partial charge in [-0.3, -0.25) is 10.1 Å². The third kappa shape index (κ3) is 4.50. The SMILES string of the molecule is CCCCOC(=O)C=C(C)c1ccc([N+](=O)[O-])cc1C. The van der Waals surface area contributed by atoms with Gasteiger partial charge in [0, 0.05) is 18.2 Å². The van der Waals surface area contributed by atoms with E-state index < -0.39 is 4.92 Å². The molecule has 0 aliphatic carbocycles. The number of carbonyl (C=O) groups is 1. The number of nitro groups is 1. The molecule has 108 valence electrons. The Morgan fingerprint density at radius 2 is 2.15 bits per heavy atom. The van der Waals surface area contributed by atoms with Crippen LogP contribution in [-0.2, 0) is 9.53 Å². The summed E-state index contributed by atoms with van der Waals surface area (Å²) in [5.74, 6) is -0.381. The molecule has 0 aliphatic heterocycles. The number of nitro benzene ring substituents is 1. The highest BCUT2D eigenvalue weighted by Gasteiger charge is 2.10. The van der Waals surface area contributed by atoms with E-state index in [2.05, 4.69) is 0 Å². The van der Waals surface area contributed by atoms with Gasteiger partial charge in [0.1, 0.15) is 0 Å². The molecule has 5 nitrogen and oxygen atoms in total. The van der Waals surface area contributed by atoms with E-state index in [0.29, 0.717) is 6.61 Å². The average molecular weight is 277 g/mol. The molecule has 20 heavy (non-hydrogen) atoms. The Bertz CT molecular complexity index is 535. The van der Waals surface area contributed by atoms with Crippen molar-refractivity contribution in [3.8, 4) is 0 Å². The standard InChI is InChI=1S/C15H19NO4/c1-4-5-8-20-15(17)10-12(3)14-7-6-13(16(18)19)9-11(14)2/h6-7,9-10H,4-5,8H2,1-3H3. The van der Waals surface area contributed by atoms with Crippen LogP contribution in [0.25, 0.3) is 5.57 Å². The van der Waals surface area contributed by atoms with Crippen LogP contribution in [0, 0.1) is 17.0 Å². The summed E-state index contributed by atoms with van der Waals surface area (Å²) in [7, 11) is 0. The Morgan fingerprint density at radius 1 is 1.45 bits per heavy atom. The molecular formula is C15H19NO4. The van der Waals surface area contributed by atoms with E-state index in [0.717, 1.165) is 29.5 Å². The van der Waals surface area contributed by atoms with Crippen molar-refractivity contribution in [3.05, 3.63) is 45.5 Å². The van der Waals surface area contributed by atoms with Gasteiger partial charge in [-0.25, -0.2) is 4.79 Å². The zero-order chi connectivity index (χ0) is 15.1. The number of carbonyl (C=O) groups excluding carboxylic acids is 1. The maximum absolute atomic E-state index is 11.6. The summed E-state index contributed by atoms with van der Waals surface area (Å²) in [5.41, 5.74) is 2.35. The van der Waals surface area contributed by atoms with Crippen LogP contribution in [0.2, 0.25) is 0 Å². The first-order valence-corrected chi connectivity index (χ1v) is 6.56. The lowest BCUT2D eigenvalue weighted by atomic mass is 10.0. The average Bonchev–Trinajstić information content (AvgIpc) is 2.38. The molecule has 0 fully saturated rings. The molecule has 1 aromatic carbocycles. The summed E-state index contributed by atoms with van der Waals surface area (Å²) in [4.78, 5) is 21.8. The van der Waals surface area contributed by atoms with Crippen molar-refractivity contribution in [3.63, 3.8) is 0 Å². The topological polar surface area (TPSA) is 69.4 Å². The third-order valence-corrected chi connectivity index (χ3v) is 2.92. The van der Waals surface area contributed by atoms with Crippen LogP contribution in [0.1, 0.15) is 37.8 Å². The van der Waals surface area contributed by atoms with E-state index in [-0.39, 0.29) is 11.7 Å². The first-order valence-electron chi connectivity index (χ1n) is 6.56. The lowest BCUT2D eigenvalue weighted by molar-refractivity contribution is -0.384. The van der Waals surface area contributed by atoms with Gasteiger partial charge >= 0.3 is 5.97 Å². The van der Waals surface area contributed by atoms with Crippen molar-refractivity contribution in [2.75, 3.05) is 6.61 Å². The fourth-order valence-corrected chi connectivity index (χ4v) is 1.82. The highest BCUT2D eigenvalue weighted by atomic mass is 16.6. The van der Waals surface area contributed by atoms with E-state index in [4.69, 9.17) is 4.74 Å². The predicted octanol–water partition coefficient (Wildman–Crippen LogP) is 3.65. The molecule has 0 aromatic heterocycles. The molecule has 0 N–H and O–H groups in total. The number of benzene rings is 1. The number of hydrogen-bond acceptors (Lipinski definition) is 4. The minimum Gasteiger partial charge on any atom is -0.463 e. The van der Waals surface area contributed by atoms with Crippen molar-refractivity contribution in [2.45, 2.75) is 33.6 Å². The number of hydrogen-bond donors (Lipinski definition) is 0. The van der Waals surface area contributed by atoms with Crippen LogP contribution in [0.5, 0.6) is 0 Å². The number of ether oxygens (including phenoxy) is 1. The van der Waals surface area contributed by atoms with Gasteiger partial charge in [-0.15, -0.1) is 0 Å². The Hall–Kier alpha value is -2.17. The second kappa shape index (κ2) is 7.43. The molecule has 0 saturated heterocycles. The Labute approximate surface area is 118 Å². The number of allylic oxidation sites excluding steroid dienone is 1. The van der Waals surface area contributed by atoms with Crippen molar-refractivity contribution < 1.29 is 14.5 Å². The van der Waals surface area contributed by atoms with Gasteiger partial charge in [-0.1, -0.05) is 13.3 Å². The first kappa shape index (κ1) is 15.9. The fraction of sp³-hybridized carbons (Fsp3) is 0.400. The monoisotopic (exact) mass is 277 g/mol. The van der Waals surface area contributed by atoms with Gasteiger partial charge in [-0.05, 0) is 43.0 Å². The molecule has 0 bridgehead atoms. The summed E-state index contributed by atoms with van der Waals surface area (Å²) in [6, 6.07) is 4.58. The maximum Gasteiger partial charge on any atom is 0.331 e. The van der Waals surface area contributed by atoms with Crippen LogP contribution < -0.4 is 0 Å². The van der Waals surface area contributed by atoms with Gasteiger partial charge in [0.15, 0.2) is 0 Å². The van der Waals surface area contributed by atoms with Gasteiger partial charge in [0.25, 0.3) is 5.69 Å². The summed E-state index contributed by atoms with van der Waals surface area (Å²) >= 11 is 0. The molecule has 0 aliphatic rings. The highest BCUT2D eigenvalue weighted by Crippen LogP contribution is 2.23. The zero-order valence-corrected chi connectivity index (χ0v) is 12.0. The summed E-state index contributed by atoms with van der Waals surface area (Å²) in [5, 5.41) is 10.7. The largest absolute Gasteiger partial charge is 0.463 e. The van der Waals surface area contributed by atoms with Crippen LogP contribution >= 0.6 is 0 Å². The fourth-order valence-electron chi connectivity index (χ4n) is 1.82. The van der Waals surface area contributed by atoms with Gasteiger partial charge in [0.05, 0.1) is 11.5 Å². The number of non-ortho nitro benzene ring substituents is 1. The number of nitrogens with zero attached hydrogens (tertiary/aromatic N) is 1. The van der Waals surface area contributed by atoms with Crippen LogP contribution in [0.3, 0.4) is 0 Å². The van der Waals surface area contributed by atoms with E-state index in [1.807, 2.05) is 6.92 Å². The summed E-state index contributed by atoms with van der Waals surface area (Å²) in [6.45, 7) is 6.00. The zero-order valence-electron chi connectivity index (χ0n) is 12.0. The molecule has 0 radical (unpaired) electrons. The maximum atomic E-state index is 11.6. The molecule has 0 spiro atoms. The minimum absolute atomic E-state index is 0.0459. The second-order valence-electron chi connectivity index (χ2n) is 4.60. The Balaban J connectivity index is 2.83. The number of unbranched alkanes of at least 4 members (excludes halogenated alkanes) is 1. The van der Waals surface area contributed by atoms with Crippen LogP contribution in [-0.4, -0.2) is 17.5 Å². The van der Waals surface area contributed by atoms with Crippen molar-refractivity contribution in [2.24, 2.45) is 0 Å². The lowest BCUT2D eigenvalue weighted by Gasteiger charge is -2.06. The number of esters is 1. The molecule has 0 saturated carbocycles. The molecule has 0 unspecified atom stereocenters. The highest BCUT2D eigenvalue weighted by molar-refractivity contribution is 5.91. The Kier molecular flexibility index (Phi) is 5.90. The molecule has 5 heteroatoms. The van der Waals surface area contributed by atoms with Crippen LogP contribution in [0.15, 0.2) is 24.3 Å². The smallest absolute Gasteiger partial charge is 0.331 e. The van der Waals surface area contributed by atoms with E-state index in [1.165, 1.54) is 18.2 Å². The van der Waals surface area contributed by atoms with Gasteiger partial charge < -0.3 is 4.74 Å². The van der Waals surface area contributed by atoms with Gasteiger partial charge in [0.2, 0.25) is 0 Å². The van der Waals surface area contributed by atoms with E-state index in [1.54, 1.807) is 19.9 Å². The molecular weight excluding hydrogens is 258 g/mol. The first-order chi connectivity index (χ1) is 9.45. The predicted molar refractivity (Wildman–Crippen MR) is 77.4 cm³/mol. The molecule has 1 aromatic rings. The molecule has 1 rings (SSSR count).